The molecule has 2 aliphatic rings. The van der Waals surface area contributed by atoms with Gasteiger partial charge in [-0.25, -0.2) is 4.98 Å². The number of hydroxylamine groups is 2. The molecule has 2 saturated heterocycles. The van der Waals surface area contributed by atoms with E-state index in [1.165, 1.54) is 0 Å². The number of nitrogens with zero attached hydrogens (tertiary/aromatic N) is 4. The SMILES string of the molecule is COc1ccc([C@H]2C[C@@H](C(=O)N3CCN(c4ncc(C(F)(F)F)cc4Cl)CC3)ON2C)cc1. The molecule has 0 aliphatic carbocycles. The monoisotopic (exact) mass is 484 g/mol. The minimum atomic E-state index is -4.50. The van der Waals surface area contributed by atoms with Crippen LogP contribution in [0.2, 0.25) is 5.02 Å². The lowest BCUT2D eigenvalue weighted by Crippen LogP contribution is -2.51. The van der Waals surface area contributed by atoms with E-state index in [4.69, 9.17) is 21.2 Å². The molecule has 3 heterocycles. The summed E-state index contributed by atoms with van der Waals surface area (Å²) in [5, 5.41) is 1.64. The molecule has 0 saturated carbocycles. The van der Waals surface area contributed by atoms with Crippen LogP contribution in [0.4, 0.5) is 19.0 Å². The van der Waals surface area contributed by atoms with Crippen LogP contribution in [0.3, 0.4) is 0 Å². The highest BCUT2D eigenvalue weighted by Crippen LogP contribution is 2.35. The van der Waals surface area contributed by atoms with E-state index in [0.29, 0.717) is 32.6 Å². The van der Waals surface area contributed by atoms with Crippen molar-refractivity contribution < 1.29 is 27.5 Å². The Morgan fingerprint density at radius 2 is 1.85 bits per heavy atom. The number of hydrogen-bond donors (Lipinski definition) is 0. The van der Waals surface area contributed by atoms with Gasteiger partial charge in [0.15, 0.2) is 6.10 Å². The number of alkyl halides is 3. The van der Waals surface area contributed by atoms with Crippen LogP contribution in [-0.2, 0) is 15.8 Å². The van der Waals surface area contributed by atoms with Gasteiger partial charge in [-0.2, -0.15) is 18.2 Å². The Morgan fingerprint density at radius 1 is 1.18 bits per heavy atom. The van der Waals surface area contributed by atoms with Gasteiger partial charge in [-0.3, -0.25) is 9.63 Å². The van der Waals surface area contributed by atoms with Gasteiger partial charge in [0.05, 0.1) is 23.7 Å². The zero-order valence-electron chi connectivity index (χ0n) is 18.2. The van der Waals surface area contributed by atoms with Crippen LogP contribution in [0.25, 0.3) is 0 Å². The lowest BCUT2D eigenvalue weighted by Gasteiger charge is -2.36. The maximum atomic E-state index is 13.1. The lowest BCUT2D eigenvalue weighted by molar-refractivity contribution is -0.171. The Morgan fingerprint density at radius 3 is 2.42 bits per heavy atom. The molecule has 2 atom stereocenters. The van der Waals surface area contributed by atoms with Crippen molar-refractivity contribution in [3.05, 3.63) is 52.7 Å². The van der Waals surface area contributed by atoms with Crippen LogP contribution in [-0.4, -0.2) is 67.3 Å². The van der Waals surface area contributed by atoms with E-state index in [2.05, 4.69) is 4.98 Å². The lowest BCUT2D eigenvalue weighted by atomic mass is 10.0. The van der Waals surface area contributed by atoms with Crippen LogP contribution in [0.5, 0.6) is 5.75 Å². The van der Waals surface area contributed by atoms with E-state index in [-0.39, 0.29) is 22.8 Å². The van der Waals surface area contributed by atoms with Crippen molar-refractivity contribution in [3.8, 4) is 5.75 Å². The normalized spacial score (nSPS) is 22.0. The summed E-state index contributed by atoms with van der Waals surface area (Å²) in [4.78, 5) is 26.3. The number of hydrogen-bond acceptors (Lipinski definition) is 6. The van der Waals surface area contributed by atoms with Gasteiger partial charge in [-0.1, -0.05) is 23.7 Å². The number of ether oxygens (including phenoxy) is 1. The van der Waals surface area contributed by atoms with Crippen molar-refractivity contribution in [3.63, 3.8) is 0 Å². The summed E-state index contributed by atoms with van der Waals surface area (Å²) >= 11 is 6.06. The number of anilines is 1. The first-order valence-corrected chi connectivity index (χ1v) is 10.8. The number of pyridine rings is 1. The number of methoxy groups -OCH3 is 1. The maximum absolute atomic E-state index is 13.1. The summed E-state index contributed by atoms with van der Waals surface area (Å²) in [6.45, 7) is 1.62. The molecule has 2 aromatic rings. The Bertz CT molecular complexity index is 997. The van der Waals surface area contributed by atoms with E-state index in [0.717, 1.165) is 23.6 Å². The van der Waals surface area contributed by atoms with E-state index >= 15 is 0 Å². The van der Waals surface area contributed by atoms with Gasteiger partial charge in [-0.05, 0) is 23.8 Å². The molecule has 11 heteroatoms. The maximum Gasteiger partial charge on any atom is 0.417 e. The number of halogens is 4. The summed E-state index contributed by atoms with van der Waals surface area (Å²) < 4.78 is 43.7. The zero-order chi connectivity index (χ0) is 23.8. The fourth-order valence-corrected chi connectivity index (χ4v) is 4.43. The highest BCUT2D eigenvalue weighted by molar-refractivity contribution is 6.33. The third-order valence-electron chi connectivity index (χ3n) is 5.99. The molecular formula is C22H24ClF3N4O3. The smallest absolute Gasteiger partial charge is 0.417 e. The molecule has 33 heavy (non-hydrogen) atoms. The summed E-state index contributed by atoms with van der Waals surface area (Å²) in [6, 6.07) is 8.48. The average molecular weight is 485 g/mol. The molecule has 7 nitrogen and oxygen atoms in total. The number of amides is 1. The van der Waals surface area contributed by atoms with Crippen LogP contribution in [0.1, 0.15) is 23.6 Å². The Balaban J connectivity index is 1.36. The molecule has 1 amide bonds. The highest BCUT2D eigenvalue weighted by atomic mass is 35.5. The fraction of sp³-hybridized carbons (Fsp3) is 0.455. The molecule has 1 aromatic carbocycles. The van der Waals surface area contributed by atoms with Crippen molar-refractivity contribution in [2.75, 3.05) is 45.2 Å². The van der Waals surface area contributed by atoms with E-state index < -0.39 is 17.8 Å². The van der Waals surface area contributed by atoms with Crippen LogP contribution >= 0.6 is 11.6 Å². The molecule has 0 unspecified atom stereocenters. The number of rotatable bonds is 4. The van der Waals surface area contributed by atoms with Crippen molar-refractivity contribution in [2.24, 2.45) is 0 Å². The van der Waals surface area contributed by atoms with Gasteiger partial charge < -0.3 is 14.5 Å². The second kappa shape index (κ2) is 9.36. The van der Waals surface area contributed by atoms with Gasteiger partial charge in [0.25, 0.3) is 5.91 Å². The Hall–Kier alpha value is -2.56. The Labute approximate surface area is 194 Å². The van der Waals surface area contributed by atoms with E-state index in [9.17, 15) is 18.0 Å². The Kier molecular flexibility index (Phi) is 6.69. The minimum Gasteiger partial charge on any atom is -0.497 e. The number of carbonyl (C=O) groups is 1. The molecule has 0 bridgehead atoms. The fourth-order valence-electron chi connectivity index (χ4n) is 4.15. The molecule has 2 aliphatic heterocycles. The standard InChI is InChI=1S/C22H24ClF3N4O3/c1-28-18(14-3-5-16(32-2)6-4-14)12-19(33-28)21(31)30-9-7-29(8-10-30)20-17(23)11-15(13-27-20)22(24,25)26/h3-6,11,13,18-19H,7-10,12H2,1-2H3/t18-,19+/m1/s1. The minimum absolute atomic E-state index is 0.0544. The molecule has 178 valence electrons. The second-order valence-electron chi connectivity index (χ2n) is 8.00. The molecule has 0 radical (unpaired) electrons. The number of aromatic nitrogens is 1. The average Bonchev–Trinajstić information content (AvgIpc) is 3.19. The predicted molar refractivity (Wildman–Crippen MR) is 116 cm³/mol. The third-order valence-corrected chi connectivity index (χ3v) is 6.26. The predicted octanol–water partition coefficient (Wildman–Crippen LogP) is 3.79. The van der Waals surface area contributed by atoms with Crippen LogP contribution < -0.4 is 9.64 Å². The zero-order valence-corrected chi connectivity index (χ0v) is 18.9. The molecule has 2 fully saturated rings. The summed E-state index contributed by atoms with van der Waals surface area (Å²) in [6.07, 6.45) is -3.80. The molecule has 4 rings (SSSR count). The number of benzene rings is 1. The van der Waals surface area contributed by atoms with E-state index in [1.54, 1.807) is 29.0 Å². The topological polar surface area (TPSA) is 58.1 Å². The molecule has 0 N–H and O–H groups in total. The van der Waals surface area contributed by atoms with Gasteiger partial charge in [-0.15, -0.1) is 0 Å². The van der Waals surface area contributed by atoms with Gasteiger partial charge in [0, 0.05) is 45.8 Å². The second-order valence-corrected chi connectivity index (χ2v) is 8.41. The molecule has 0 spiro atoms. The molecule has 1 aromatic heterocycles. The number of piperazine rings is 1. The first kappa shape index (κ1) is 23.6. The van der Waals surface area contributed by atoms with Crippen LogP contribution in [0, 0.1) is 0 Å². The summed E-state index contributed by atoms with van der Waals surface area (Å²) in [5.41, 5.74) is 0.139. The quantitative estimate of drug-likeness (QED) is 0.658. The first-order valence-electron chi connectivity index (χ1n) is 10.5. The van der Waals surface area contributed by atoms with Gasteiger partial charge >= 0.3 is 6.18 Å². The summed E-state index contributed by atoms with van der Waals surface area (Å²) in [5.74, 6) is 0.936. The van der Waals surface area contributed by atoms with Gasteiger partial charge in [0.1, 0.15) is 11.6 Å². The van der Waals surface area contributed by atoms with Crippen LogP contribution in [0.15, 0.2) is 36.5 Å². The largest absolute Gasteiger partial charge is 0.497 e. The first-order chi connectivity index (χ1) is 15.7. The summed E-state index contributed by atoms with van der Waals surface area (Å²) in [7, 11) is 3.41. The van der Waals surface area contributed by atoms with E-state index in [1.807, 2.05) is 24.3 Å². The number of carbonyl (C=O) groups excluding carboxylic acids is 1. The molecular weight excluding hydrogens is 461 g/mol. The van der Waals surface area contributed by atoms with Crippen molar-refractivity contribution in [1.29, 1.82) is 0 Å². The van der Waals surface area contributed by atoms with Crippen molar-refractivity contribution in [2.45, 2.75) is 24.7 Å². The van der Waals surface area contributed by atoms with Gasteiger partial charge in [0.2, 0.25) is 0 Å². The van der Waals surface area contributed by atoms with Crippen molar-refractivity contribution >= 4 is 23.3 Å². The highest BCUT2D eigenvalue weighted by Gasteiger charge is 2.39. The van der Waals surface area contributed by atoms with Crippen molar-refractivity contribution in [1.82, 2.24) is 14.9 Å². The third kappa shape index (κ3) is 5.02.